The summed E-state index contributed by atoms with van der Waals surface area (Å²) in [5.74, 6) is 0.938. The van der Waals surface area contributed by atoms with Gasteiger partial charge < -0.3 is 10.1 Å². The van der Waals surface area contributed by atoms with E-state index in [0.29, 0.717) is 6.61 Å². The number of nitrogens with one attached hydrogen (secondary N) is 1. The van der Waals surface area contributed by atoms with Gasteiger partial charge in [0, 0.05) is 17.1 Å². The number of para-hydroxylation sites is 1. The van der Waals surface area contributed by atoms with Crippen LogP contribution in [-0.2, 0) is 13.2 Å². The van der Waals surface area contributed by atoms with Crippen molar-refractivity contribution >= 4 is 11.6 Å². The second-order valence-electron chi connectivity index (χ2n) is 5.76. The molecule has 0 saturated heterocycles. The molecule has 0 bridgehead atoms. The van der Waals surface area contributed by atoms with Crippen LogP contribution in [0.3, 0.4) is 0 Å². The number of unbranched alkanes of at least 4 members (excludes halogenated alkanes) is 3. The fraction of sp³-hybridized carbons (Fsp3) is 0.400. The molecule has 2 nitrogen and oxygen atoms in total. The quantitative estimate of drug-likeness (QED) is 0.573. The van der Waals surface area contributed by atoms with Crippen molar-refractivity contribution in [2.45, 2.75) is 45.8 Å². The van der Waals surface area contributed by atoms with Crippen LogP contribution in [0.4, 0.5) is 0 Å². The minimum absolute atomic E-state index is 0.536. The predicted molar refractivity (Wildman–Crippen MR) is 98.1 cm³/mol. The van der Waals surface area contributed by atoms with E-state index in [1.165, 1.54) is 31.2 Å². The summed E-state index contributed by atoms with van der Waals surface area (Å²) in [5.41, 5.74) is 2.28. The van der Waals surface area contributed by atoms with Gasteiger partial charge >= 0.3 is 0 Å². The summed E-state index contributed by atoms with van der Waals surface area (Å²) < 4.78 is 5.98. The average molecular weight is 332 g/mol. The third-order valence-corrected chi connectivity index (χ3v) is 4.01. The maximum Gasteiger partial charge on any atom is 0.124 e. The van der Waals surface area contributed by atoms with Gasteiger partial charge in [-0.1, -0.05) is 68.1 Å². The zero-order valence-electron chi connectivity index (χ0n) is 13.9. The topological polar surface area (TPSA) is 21.3 Å². The van der Waals surface area contributed by atoms with Crippen molar-refractivity contribution in [1.29, 1.82) is 0 Å². The van der Waals surface area contributed by atoms with Crippen LogP contribution in [0.1, 0.15) is 43.7 Å². The summed E-state index contributed by atoms with van der Waals surface area (Å²) >= 11 is 6.01. The van der Waals surface area contributed by atoms with Gasteiger partial charge in [0.1, 0.15) is 12.4 Å². The first-order chi connectivity index (χ1) is 11.3. The maximum atomic E-state index is 6.01. The molecule has 2 aromatic rings. The monoisotopic (exact) mass is 331 g/mol. The van der Waals surface area contributed by atoms with E-state index in [4.69, 9.17) is 16.3 Å². The van der Waals surface area contributed by atoms with Gasteiger partial charge in [-0.25, -0.2) is 0 Å². The summed E-state index contributed by atoms with van der Waals surface area (Å²) in [4.78, 5) is 0. The summed E-state index contributed by atoms with van der Waals surface area (Å²) in [6, 6.07) is 16.0. The molecule has 0 aliphatic heterocycles. The molecular weight excluding hydrogens is 306 g/mol. The molecule has 0 saturated carbocycles. The highest BCUT2D eigenvalue weighted by atomic mass is 35.5. The molecule has 0 spiro atoms. The van der Waals surface area contributed by atoms with Crippen LogP contribution in [-0.4, -0.2) is 6.54 Å². The molecule has 23 heavy (non-hydrogen) atoms. The molecule has 0 radical (unpaired) electrons. The molecule has 0 fully saturated rings. The van der Waals surface area contributed by atoms with E-state index in [9.17, 15) is 0 Å². The summed E-state index contributed by atoms with van der Waals surface area (Å²) in [7, 11) is 0. The second kappa shape index (κ2) is 10.3. The van der Waals surface area contributed by atoms with E-state index in [0.717, 1.165) is 29.4 Å². The van der Waals surface area contributed by atoms with Crippen molar-refractivity contribution in [3.05, 3.63) is 64.7 Å². The lowest BCUT2D eigenvalue weighted by Gasteiger charge is -2.12. The number of hydrogen-bond donors (Lipinski definition) is 1. The van der Waals surface area contributed by atoms with Crippen molar-refractivity contribution in [3.8, 4) is 5.75 Å². The zero-order valence-corrected chi connectivity index (χ0v) is 14.6. The van der Waals surface area contributed by atoms with Crippen molar-refractivity contribution in [1.82, 2.24) is 5.32 Å². The van der Waals surface area contributed by atoms with Crippen molar-refractivity contribution in [2.75, 3.05) is 6.54 Å². The largest absolute Gasteiger partial charge is 0.489 e. The molecule has 0 aromatic heterocycles. The normalized spacial score (nSPS) is 10.7. The van der Waals surface area contributed by atoms with E-state index >= 15 is 0 Å². The lowest BCUT2D eigenvalue weighted by atomic mass is 10.2. The Bertz CT molecular complexity index is 585. The molecule has 0 aliphatic carbocycles. The van der Waals surface area contributed by atoms with E-state index in [-0.39, 0.29) is 0 Å². The fourth-order valence-corrected chi connectivity index (χ4v) is 2.69. The van der Waals surface area contributed by atoms with Crippen LogP contribution in [0, 0.1) is 0 Å². The Morgan fingerprint density at radius 3 is 2.70 bits per heavy atom. The van der Waals surface area contributed by atoms with Crippen LogP contribution < -0.4 is 10.1 Å². The molecular formula is C20H26ClNO. The van der Waals surface area contributed by atoms with Crippen molar-refractivity contribution in [3.63, 3.8) is 0 Å². The van der Waals surface area contributed by atoms with Gasteiger partial charge in [-0.05, 0) is 36.7 Å². The Morgan fingerprint density at radius 1 is 1.00 bits per heavy atom. The molecule has 2 aromatic carbocycles. The van der Waals surface area contributed by atoms with E-state index < -0.39 is 0 Å². The van der Waals surface area contributed by atoms with Crippen LogP contribution >= 0.6 is 11.6 Å². The van der Waals surface area contributed by atoms with Gasteiger partial charge in [-0.3, -0.25) is 0 Å². The van der Waals surface area contributed by atoms with Crippen LogP contribution in [0.15, 0.2) is 48.5 Å². The van der Waals surface area contributed by atoms with E-state index in [1.807, 2.05) is 36.4 Å². The van der Waals surface area contributed by atoms with Gasteiger partial charge in [-0.2, -0.15) is 0 Å². The standard InChI is InChI=1S/C20H26ClNO/c1-2-3-4-7-13-22-15-18-10-5-6-12-20(18)23-16-17-9-8-11-19(21)14-17/h5-6,8-12,14,22H,2-4,7,13,15-16H2,1H3. The molecule has 0 amide bonds. The Hall–Kier alpha value is -1.51. The van der Waals surface area contributed by atoms with Gasteiger partial charge in [0.05, 0.1) is 0 Å². The highest BCUT2D eigenvalue weighted by Gasteiger charge is 2.03. The average Bonchev–Trinajstić information content (AvgIpc) is 2.57. The Kier molecular flexibility index (Phi) is 7.99. The first-order valence-corrected chi connectivity index (χ1v) is 8.83. The highest BCUT2D eigenvalue weighted by molar-refractivity contribution is 6.30. The molecule has 0 atom stereocenters. The maximum absolute atomic E-state index is 6.01. The third-order valence-electron chi connectivity index (χ3n) is 3.78. The summed E-state index contributed by atoms with van der Waals surface area (Å²) in [6.07, 6.45) is 5.14. The molecule has 124 valence electrons. The predicted octanol–water partition coefficient (Wildman–Crippen LogP) is 5.59. The van der Waals surface area contributed by atoms with Crippen molar-refractivity contribution < 1.29 is 4.74 Å². The Balaban J connectivity index is 1.82. The Labute approximate surface area is 144 Å². The second-order valence-corrected chi connectivity index (χ2v) is 6.20. The highest BCUT2D eigenvalue weighted by Crippen LogP contribution is 2.20. The smallest absolute Gasteiger partial charge is 0.124 e. The van der Waals surface area contributed by atoms with Crippen LogP contribution in [0.2, 0.25) is 5.02 Å². The van der Waals surface area contributed by atoms with Gasteiger partial charge in [0.25, 0.3) is 0 Å². The Morgan fingerprint density at radius 2 is 1.87 bits per heavy atom. The van der Waals surface area contributed by atoms with Crippen LogP contribution in [0.25, 0.3) is 0 Å². The fourth-order valence-electron chi connectivity index (χ4n) is 2.48. The lowest BCUT2D eigenvalue weighted by molar-refractivity contribution is 0.302. The molecule has 0 aliphatic rings. The zero-order chi connectivity index (χ0) is 16.3. The first kappa shape index (κ1) is 17.8. The number of halogens is 1. The van der Waals surface area contributed by atoms with Crippen molar-refractivity contribution in [2.24, 2.45) is 0 Å². The minimum atomic E-state index is 0.536. The summed E-state index contributed by atoms with van der Waals surface area (Å²) in [6.45, 7) is 4.68. The number of rotatable bonds is 10. The SMILES string of the molecule is CCCCCCNCc1ccccc1OCc1cccc(Cl)c1. The minimum Gasteiger partial charge on any atom is -0.489 e. The molecule has 0 heterocycles. The molecule has 1 N–H and O–H groups in total. The van der Waals surface area contributed by atoms with Gasteiger partial charge in [0.15, 0.2) is 0 Å². The number of hydrogen-bond acceptors (Lipinski definition) is 2. The van der Waals surface area contributed by atoms with Gasteiger partial charge in [0.2, 0.25) is 0 Å². The van der Waals surface area contributed by atoms with E-state index in [1.54, 1.807) is 0 Å². The number of ether oxygens (including phenoxy) is 1. The summed E-state index contributed by atoms with van der Waals surface area (Å²) in [5, 5.41) is 4.25. The van der Waals surface area contributed by atoms with Gasteiger partial charge in [-0.15, -0.1) is 0 Å². The molecule has 0 unspecified atom stereocenters. The lowest BCUT2D eigenvalue weighted by Crippen LogP contribution is -2.15. The molecule has 2 rings (SSSR count). The first-order valence-electron chi connectivity index (χ1n) is 8.45. The number of benzene rings is 2. The van der Waals surface area contributed by atoms with Crippen LogP contribution in [0.5, 0.6) is 5.75 Å². The van der Waals surface area contributed by atoms with E-state index in [2.05, 4.69) is 24.4 Å². The molecule has 3 heteroatoms. The third kappa shape index (κ3) is 6.64.